The van der Waals surface area contributed by atoms with E-state index in [1.54, 1.807) is 13.8 Å². The Balaban J connectivity index is 3.06. The van der Waals surface area contributed by atoms with Crippen LogP contribution in [0.5, 0.6) is 5.75 Å². The molecule has 1 N–H and O–H groups in total. The summed E-state index contributed by atoms with van der Waals surface area (Å²) >= 11 is 12.2. The highest BCUT2D eigenvalue weighted by atomic mass is 35.5. The number of nitriles is 1. The van der Waals surface area contributed by atoms with Crippen molar-refractivity contribution in [2.45, 2.75) is 19.9 Å². The fourth-order valence-corrected chi connectivity index (χ4v) is 2.26. The van der Waals surface area contributed by atoms with Gasteiger partial charge in [0.1, 0.15) is 11.6 Å². The van der Waals surface area contributed by atoms with Gasteiger partial charge in [-0.3, -0.25) is 4.79 Å². The summed E-state index contributed by atoms with van der Waals surface area (Å²) in [5.74, 6) is -0.958. The third kappa shape index (κ3) is 5.76. The molecular formula is C16H16Cl2N2O4. The monoisotopic (exact) mass is 370 g/mol. The summed E-state index contributed by atoms with van der Waals surface area (Å²) in [4.78, 5) is 23.0. The van der Waals surface area contributed by atoms with Crippen molar-refractivity contribution in [2.75, 3.05) is 13.7 Å². The molecule has 0 spiro atoms. The lowest BCUT2D eigenvalue weighted by atomic mass is 10.1. The Morgan fingerprint density at radius 3 is 2.38 bits per heavy atom. The number of methoxy groups -OCH3 is 1. The highest BCUT2D eigenvalue weighted by Crippen LogP contribution is 2.34. The number of carbonyl (C=O) groups is 2. The van der Waals surface area contributed by atoms with Crippen LogP contribution in [0.15, 0.2) is 17.7 Å². The molecule has 0 saturated carbocycles. The predicted octanol–water partition coefficient (Wildman–Crippen LogP) is 2.98. The second kappa shape index (κ2) is 9.16. The van der Waals surface area contributed by atoms with Crippen LogP contribution < -0.4 is 10.1 Å². The first kappa shape index (κ1) is 19.8. The fraction of sp³-hybridized carbons (Fsp3) is 0.312. The standard InChI is InChI=1S/C16H16Cl2N2O4/c1-9(2)20-16(22)11(7-19)4-10-5-12(17)15(13(18)6-10)24-8-14(21)23-3/h4-6,9H,8H2,1-3H3,(H,20,22)/b11-4-. The van der Waals surface area contributed by atoms with Crippen molar-refractivity contribution in [3.63, 3.8) is 0 Å². The maximum absolute atomic E-state index is 11.9. The van der Waals surface area contributed by atoms with E-state index in [-0.39, 0.29) is 34.0 Å². The van der Waals surface area contributed by atoms with Gasteiger partial charge in [-0.1, -0.05) is 23.2 Å². The zero-order valence-electron chi connectivity index (χ0n) is 13.4. The summed E-state index contributed by atoms with van der Waals surface area (Å²) in [6.45, 7) is 3.23. The topological polar surface area (TPSA) is 88.4 Å². The average molecular weight is 371 g/mol. The molecule has 0 aromatic heterocycles. The van der Waals surface area contributed by atoms with Crippen LogP contribution in [0.3, 0.4) is 0 Å². The molecule has 1 aromatic carbocycles. The Hall–Kier alpha value is -2.23. The summed E-state index contributed by atoms with van der Waals surface area (Å²) in [6.07, 6.45) is 1.36. The molecule has 1 aromatic rings. The normalized spacial score (nSPS) is 11.0. The quantitative estimate of drug-likeness (QED) is 0.472. The Bertz CT molecular complexity index is 686. The molecule has 0 radical (unpaired) electrons. The second-order valence-corrected chi connectivity index (χ2v) is 5.79. The van der Waals surface area contributed by atoms with Gasteiger partial charge in [-0.05, 0) is 37.6 Å². The minimum absolute atomic E-state index is 0.0842. The number of esters is 1. The van der Waals surface area contributed by atoms with Crippen molar-refractivity contribution < 1.29 is 19.1 Å². The van der Waals surface area contributed by atoms with Crippen molar-refractivity contribution in [3.8, 4) is 11.8 Å². The number of rotatable bonds is 6. The van der Waals surface area contributed by atoms with Crippen LogP contribution in [-0.2, 0) is 14.3 Å². The fourth-order valence-electron chi connectivity index (χ4n) is 1.65. The number of carbonyl (C=O) groups excluding carboxylic acids is 2. The van der Waals surface area contributed by atoms with Crippen molar-refractivity contribution in [1.82, 2.24) is 5.32 Å². The first-order chi connectivity index (χ1) is 11.3. The van der Waals surface area contributed by atoms with Crippen molar-refractivity contribution in [3.05, 3.63) is 33.3 Å². The summed E-state index contributed by atoms with van der Waals surface area (Å²) in [5.41, 5.74) is 0.366. The van der Waals surface area contributed by atoms with Crippen LogP contribution in [0.2, 0.25) is 10.0 Å². The summed E-state index contributed by atoms with van der Waals surface area (Å²) in [5, 5.41) is 12.0. The van der Waals surface area contributed by atoms with Gasteiger partial charge in [-0.15, -0.1) is 0 Å². The molecule has 0 fully saturated rings. The van der Waals surface area contributed by atoms with E-state index >= 15 is 0 Å². The van der Waals surface area contributed by atoms with Crippen LogP contribution in [0.25, 0.3) is 6.08 Å². The van der Waals surface area contributed by atoms with Crippen molar-refractivity contribution in [1.29, 1.82) is 5.26 Å². The van der Waals surface area contributed by atoms with Gasteiger partial charge in [0.05, 0.1) is 17.2 Å². The van der Waals surface area contributed by atoms with Crippen LogP contribution in [0, 0.1) is 11.3 Å². The molecular weight excluding hydrogens is 355 g/mol. The molecule has 0 saturated heterocycles. The average Bonchev–Trinajstić information content (AvgIpc) is 2.50. The molecule has 0 aliphatic rings. The van der Waals surface area contributed by atoms with Crippen LogP contribution in [-0.4, -0.2) is 31.6 Å². The first-order valence-corrected chi connectivity index (χ1v) is 7.65. The number of benzene rings is 1. The van der Waals surface area contributed by atoms with E-state index in [0.717, 1.165) is 0 Å². The number of amides is 1. The maximum atomic E-state index is 11.9. The maximum Gasteiger partial charge on any atom is 0.343 e. The highest BCUT2D eigenvalue weighted by molar-refractivity contribution is 6.37. The van der Waals surface area contributed by atoms with Gasteiger partial charge in [0, 0.05) is 6.04 Å². The van der Waals surface area contributed by atoms with E-state index < -0.39 is 11.9 Å². The molecule has 0 bridgehead atoms. The van der Waals surface area contributed by atoms with E-state index in [9.17, 15) is 9.59 Å². The molecule has 1 amide bonds. The lowest BCUT2D eigenvalue weighted by molar-refractivity contribution is -0.142. The number of ether oxygens (including phenoxy) is 2. The van der Waals surface area contributed by atoms with Gasteiger partial charge in [0.2, 0.25) is 0 Å². The zero-order valence-corrected chi connectivity index (χ0v) is 14.9. The Morgan fingerprint density at radius 2 is 1.92 bits per heavy atom. The minimum Gasteiger partial charge on any atom is -0.479 e. The number of hydrogen-bond acceptors (Lipinski definition) is 5. The van der Waals surface area contributed by atoms with E-state index in [4.69, 9.17) is 33.2 Å². The first-order valence-electron chi connectivity index (χ1n) is 6.89. The molecule has 0 unspecified atom stereocenters. The second-order valence-electron chi connectivity index (χ2n) is 4.98. The molecule has 0 heterocycles. The van der Waals surface area contributed by atoms with Crippen molar-refractivity contribution >= 4 is 41.2 Å². The summed E-state index contributed by atoms with van der Waals surface area (Å²) < 4.78 is 9.66. The Morgan fingerprint density at radius 1 is 1.33 bits per heavy atom. The molecule has 6 nitrogen and oxygen atoms in total. The van der Waals surface area contributed by atoms with Gasteiger partial charge in [-0.2, -0.15) is 5.26 Å². The number of nitrogens with zero attached hydrogens (tertiary/aromatic N) is 1. The SMILES string of the molecule is COC(=O)COc1c(Cl)cc(/C=C(/C#N)C(=O)NC(C)C)cc1Cl. The molecule has 1 rings (SSSR count). The van der Waals surface area contributed by atoms with Gasteiger partial charge >= 0.3 is 5.97 Å². The predicted molar refractivity (Wildman–Crippen MR) is 90.8 cm³/mol. The lowest BCUT2D eigenvalue weighted by Crippen LogP contribution is -2.30. The van der Waals surface area contributed by atoms with Crippen LogP contribution in [0.1, 0.15) is 19.4 Å². The Kier molecular flexibility index (Phi) is 7.56. The van der Waals surface area contributed by atoms with Gasteiger partial charge < -0.3 is 14.8 Å². The smallest absolute Gasteiger partial charge is 0.343 e. The molecule has 8 heteroatoms. The van der Waals surface area contributed by atoms with Crippen LogP contribution >= 0.6 is 23.2 Å². The largest absolute Gasteiger partial charge is 0.479 e. The summed E-state index contributed by atoms with van der Waals surface area (Å²) in [6, 6.07) is 4.67. The van der Waals surface area contributed by atoms with E-state index in [0.29, 0.717) is 5.56 Å². The number of hydrogen-bond donors (Lipinski definition) is 1. The van der Waals surface area contributed by atoms with Gasteiger partial charge in [0.25, 0.3) is 5.91 Å². The highest BCUT2D eigenvalue weighted by Gasteiger charge is 2.14. The molecule has 24 heavy (non-hydrogen) atoms. The molecule has 0 aliphatic heterocycles. The zero-order chi connectivity index (χ0) is 18.3. The molecule has 0 aliphatic carbocycles. The third-order valence-corrected chi connectivity index (χ3v) is 3.24. The van der Waals surface area contributed by atoms with Crippen molar-refractivity contribution in [2.24, 2.45) is 0 Å². The Labute approximate surface area is 149 Å². The van der Waals surface area contributed by atoms with Gasteiger partial charge in [0.15, 0.2) is 12.4 Å². The van der Waals surface area contributed by atoms with E-state index in [1.165, 1.54) is 25.3 Å². The molecule has 0 atom stereocenters. The van der Waals surface area contributed by atoms with E-state index in [1.807, 2.05) is 6.07 Å². The lowest BCUT2D eigenvalue weighted by Gasteiger charge is -2.10. The van der Waals surface area contributed by atoms with Gasteiger partial charge in [-0.25, -0.2) is 4.79 Å². The number of nitrogens with one attached hydrogen (secondary N) is 1. The number of halogens is 2. The third-order valence-electron chi connectivity index (χ3n) is 2.68. The van der Waals surface area contributed by atoms with Crippen LogP contribution in [0.4, 0.5) is 0 Å². The summed E-state index contributed by atoms with van der Waals surface area (Å²) in [7, 11) is 1.23. The molecule has 128 valence electrons. The van der Waals surface area contributed by atoms with E-state index in [2.05, 4.69) is 10.1 Å². The minimum atomic E-state index is -0.580.